The predicted molar refractivity (Wildman–Crippen MR) is 70.8 cm³/mol. The number of esters is 1. The summed E-state index contributed by atoms with van der Waals surface area (Å²) in [5, 5.41) is 8.91. The van der Waals surface area contributed by atoms with E-state index in [4.69, 9.17) is 5.11 Å². The number of ether oxygens (including phenoxy) is 1. The van der Waals surface area contributed by atoms with E-state index in [0.717, 1.165) is 6.20 Å². The maximum Gasteiger partial charge on any atom is 0.337 e. The molecule has 6 nitrogen and oxygen atoms in total. The smallest absolute Gasteiger partial charge is 0.337 e. The molecule has 0 unspecified atom stereocenters. The van der Waals surface area contributed by atoms with Crippen molar-refractivity contribution in [3.63, 3.8) is 0 Å². The number of aromatic nitrogens is 1. The number of hydrogen-bond acceptors (Lipinski definition) is 4. The van der Waals surface area contributed by atoms with Gasteiger partial charge in [0.2, 0.25) is 0 Å². The fourth-order valence-corrected chi connectivity index (χ4v) is 1.73. The monoisotopic (exact) mass is 273 g/mol. The molecular weight excluding hydrogens is 262 g/mol. The Labute approximate surface area is 113 Å². The SMILES string of the molecule is COC(=O)c1ccc(-c2cc(C(=O)O)c[nH]c2=O)cc1. The molecular formula is C14H11NO5. The van der Waals surface area contributed by atoms with Crippen molar-refractivity contribution >= 4 is 11.9 Å². The highest BCUT2D eigenvalue weighted by atomic mass is 16.5. The van der Waals surface area contributed by atoms with Gasteiger partial charge >= 0.3 is 11.9 Å². The van der Waals surface area contributed by atoms with Crippen molar-refractivity contribution in [2.45, 2.75) is 0 Å². The maximum absolute atomic E-state index is 11.7. The Balaban J connectivity index is 2.46. The number of hydrogen-bond donors (Lipinski definition) is 2. The molecule has 0 amide bonds. The Morgan fingerprint density at radius 1 is 1.15 bits per heavy atom. The first-order valence-electron chi connectivity index (χ1n) is 5.67. The average Bonchev–Trinajstić information content (AvgIpc) is 2.47. The molecule has 6 heteroatoms. The average molecular weight is 273 g/mol. The zero-order valence-corrected chi connectivity index (χ0v) is 10.5. The first-order valence-corrected chi connectivity index (χ1v) is 5.67. The van der Waals surface area contributed by atoms with Crippen molar-refractivity contribution in [1.29, 1.82) is 0 Å². The summed E-state index contributed by atoms with van der Waals surface area (Å²) in [6, 6.07) is 7.42. The number of aromatic carboxylic acids is 1. The Morgan fingerprint density at radius 2 is 1.80 bits per heavy atom. The van der Waals surface area contributed by atoms with Crippen LogP contribution in [-0.2, 0) is 4.74 Å². The zero-order valence-electron chi connectivity index (χ0n) is 10.5. The summed E-state index contributed by atoms with van der Waals surface area (Å²) in [6.07, 6.45) is 1.14. The normalized spacial score (nSPS) is 10.1. The van der Waals surface area contributed by atoms with Crippen LogP contribution >= 0.6 is 0 Å². The summed E-state index contributed by atoms with van der Waals surface area (Å²) in [5.74, 6) is -1.61. The molecule has 0 atom stereocenters. The van der Waals surface area contributed by atoms with Crippen LogP contribution in [0.25, 0.3) is 11.1 Å². The molecule has 0 saturated heterocycles. The van der Waals surface area contributed by atoms with Gasteiger partial charge in [0, 0.05) is 11.8 Å². The van der Waals surface area contributed by atoms with E-state index in [-0.39, 0.29) is 11.1 Å². The molecule has 0 fully saturated rings. The van der Waals surface area contributed by atoms with Gasteiger partial charge in [-0.15, -0.1) is 0 Å². The second-order valence-corrected chi connectivity index (χ2v) is 4.01. The van der Waals surface area contributed by atoms with E-state index in [2.05, 4.69) is 9.72 Å². The number of nitrogens with one attached hydrogen (secondary N) is 1. The van der Waals surface area contributed by atoms with Crippen LogP contribution in [0, 0.1) is 0 Å². The van der Waals surface area contributed by atoms with E-state index in [1.54, 1.807) is 12.1 Å². The van der Waals surface area contributed by atoms with E-state index < -0.39 is 17.5 Å². The van der Waals surface area contributed by atoms with Gasteiger partial charge in [-0.05, 0) is 23.8 Å². The molecule has 20 heavy (non-hydrogen) atoms. The number of rotatable bonds is 3. The van der Waals surface area contributed by atoms with Crippen LogP contribution in [0.2, 0.25) is 0 Å². The predicted octanol–water partition coefficient (Wildman–Crippen LogP) is 1.53. The molecule has 102 valence electrons. The molecule has 2 N–H and O–H groups in total. The van der Waals surface area contributed by atoms with Gasteiger partial charge in [0.05, 0.1) is 18.2 Å². The van der Waals surface area contributed by atoms with Gasteiger partial charge in [0.15, 0.2) is 0 Å². The number of pyridine rings is 1. The lowest BCUT2D eigenvalue weighted by atomic mass is 10.0. The third kappa shape index (κ3) is 2.59. The zero-order chi connectivity index (χ0) is 14.7. The highest BCUT2D eigenvalue weighted by molar-refractivity contribution is 5.91. The Morgan fingerprint density at radius 3 is 2.35 bits per heavy atom. The van der Waals surface area contributed by atoms with E-state index in [0.29, 0.717) is 11.1 Å². The quantitative estimate of drug-likeness (QED) is 0.826. The van der Waals surface area contributed by atoms with Gasteiger partial charge in [0.1, 0.15) is 0 Å². The van der Waals surface area contributed by atoms with Crippen molar-refractivity contribution in [2.24, 2.45) is 0 Å². The number of carboxylic acid groups (broad SMARTS) is 1. The molecule has 0 spiro atoms. The first-order chi connectivity index (χ1) is 9.52. The molecule has 2 aromatic rings. The fraction of sp³-hybridized carbons (Fsp3) is 0.0714. The first kappa shape index (κ1) is 13.5. The minimum absolute atomic E-state index is 0.0170. The van der Waals surface area contributed by atoms with E-state index in [1.807, 2.05) is 0 Å². The Kier molecular flexibility index (Phi) is 3.65. The summed E-state index contributed by atoms with van der Waals surface area (Å²) >= 11 is 0. The number of benzene rings is 1. The lowest BCUT2D eigenvalue weighted by Crippen LogP contribution is -2.11. The maximum atomic E-state index is 11.7. The summed E-state index contributed by atoms with van der Waals surface area (Å²) in [5.41, 5.74) is 0.669. The van der Waals surface area contributed by atoms with Crippen LogP contribution in [0.3, 0.4) is 0 Å². The molecule has 1 aromatic heterocycles. The van der Waals surface area contributed by atoms with Crippen molar-refractivity contribution in [1.82, 2.24) is 4.98 Å². The molecule has 0 radical (unpaired) electrons. The van der Waals surface area contributed by atoms with Crippen LogP contribution in [0.5, 0.6) is 0 Å². The summed E-state index contributed by atoms with van der Waals surface area (Å²) in [4.78, 5) is 36.3. The number of carbonyl (C=O) groups excluding carboxylic acids is 1. The number of H-pyrrole nitrogens is 1. The largest absolute Gasteiger partial charge is 0.478 e. The van der Waals surface area contributed by atoms with Crippen molar-refractivity contribution < 1.29 is 19.4 Å². The molecule has 1 heterocycles. The van der Waals surface area contributed by atoms with Crippen LogP contribution in [-0.4, -0.2) is 29.1 Å². The second kappa shape index (κ2) is 5.40. The van der Waals surface area contributed by atoms with Crippen molar-refractivity contribution in [3.8, 4) is 11.1 Å². The Hall–Kier alpha value is -2.89. The standard InChI is InChI=1S/C14H11NO5/c1-20-14(19)9-4-2-8(3-5-9)11-6-10(13(17)18)7-15-12(11)16/h2-7H,1H3,(H,15,16)(H,17,18). The van der Waals surface area contributed by atoms with Gasteiger partial charge < -0.3 is 14.8 Å². The van der Waals surface area contributed by atoms with E-state index >= 15 is 0 Å². The number of carboxylic acids is 1. The van der Waals surface area contributed by atoms with Crippen molar-refractivity contribution in [3.05, 3.63) is 58.0 Å². The lowest BCUT2D eigenvalue weighted by molar-refractivity contribution is 0.0600. The summed E-state index contributed by atoms with van der Waals surface area (Å²) < 4.78 is 4.57. The van der Waals surface area contributed by atoms with Crippen LogP contribution in [0.4, 0.5) is 0 Å². The Bertz CT molecular complexity index is 715. The molecule has 0 aliphatic rings. The van der Waals surface area contributed by atoms with Gasteiger partial charge in [-0.25, -0.2) is 9.59 Å². The van der Waals surface area contributed by atoms with Gasteiger partial charge in [-0.1, -0.05) is 12.1 Å². The number of aromatic amines is 1. The highest BCUT2D eigenvalue weighted by Crippen LogP contribution is 2.17. The van der Waals surface area contributed by atoms with Gasteiger partial charge in [0.25, 0.3) is 5.56 Å². The van der Waals surface area contributed by atoms with Gasteiger partial charge in [-0.3, -0.25) is 4.79 Å². The second-order valence-electron chi connectivity index (χ2n) is 4.01. The molecule has 1 aromatic carbocycles. The summed E-state index contributed by atoms with van der Waals surface area (Å²) in [6.45, 7) is 0. The molecule has 2 rings (SSSR count). The number of carbonyl (C=O) groups is 2. The van der Waals surface area contributed by atoms with Crippen LogP contribution in [0.15, 0.2) is 41.3 Å². The van der Waals surface area contributed by atoms with E-state index in [9.17, 15) is 14.4 Å². The van der Waals surface area contributed by atoms with Gasteiger partial charge in [-0.2, -0.15) is 0 Å². The minimum Gasteiger partial charge on any atom is -0.478 e. The van der Waals surface area contributed by atoms with Crippen molar-refractivity contribution in [2.75, 3.05) is 7.11 Å². The number of methoxy groups -OCH3 is 1. The third-order valence-electron chi connectivity index (χ3n) is 2.77. The lowest BCUT2D eigenvalue weighted by Gasteiger charge is -2.04. The molecule has 0 aliphatic carbocycles. The highest BCUT2D eigenvalue weighted by Gasteiger charge is 2.10. The fourth-order valence-electron chi connectivity index (χ4n) is 1.73. The topological polar surface area (TPSA) is 96.5 Å². The molecule has 0 bridgehead atoms. The summed E-state index contributed by atoms with van der Waals surface area (Å²) in [7, 11) is 1.28. The molecule has 0 saturated carbocycles. The minimum atomic E-state index is -1.13. The third-order valence-corrected chi connectivity index (χ3v) is 2.77. The molecule has 0 aliphatic heterocycles. The van der Waals surface area contributed by atoms with Crippen LogP contribution < -0.4 is 5.56 Å². The van der Waals surface area contributed by atoms with E-state index in [1.165, 1.54) is 25.3 Å². The van der Waals surface area contributed by atoms with Crippen LogP contribution in [0.1, 0.15) is 20.7 Å².